The Morgan fingerprint density at radius 3 is 2.67 bits per heavy atom. The van der Waals surface area contributed by atoms with Gasteiger partial charge in [-0.1, -0.05) is 25.5 Å². The number of nitrogens with one attached hydrogen (secondary N) is 2. The Balaban J connectivity index is 1.59. The van der Waals surface area contributed by atoms with Gasteiger partial charge in [0.1, 0.15) is 5.58 Å². The Kier molecular flexibility index (Phi) is 5.19. The van der Waals surface area contributed by atoms with Crippen LogP contribution in [-0.4, -0.2) is 20.6 Å². The van der Waals surface area contributed by atoms with Gasteiger partial charge >= 0.3 is 6.18 Å². The van der Waals surface area contributed by atoms with Crippen LogP contribution in [0.15, 0.2) is 46.9 Å². The first kappa shape index (κ1) is 19.9. The van der Waals surface area contributed by atoms with Gasteiger partial charge in [-0.15, -0.1) is 5.10 Å². The smallest absolute Gasteiger partial charge is 0.416 e. The van der Waals surface area contributed by atoms with E-state index >= 15 is 0 Å². The number of hydrogen-bond acceptors (Lipinski definition) is 5. The Bertz CT molecular complexity index is 1150. The van der Waals surface area contributed by atoms with Crippen molar-refractivity contribution in [2.75, 3.05) is 5.32 Å². The summed E-state index contributed by atoms with van der Waals surface area (Å²) >= 11 is 0. The van der Waals surface area contributed by atoms with Crippen molar-refractivity contribution in [1.82, 2.24) is 20.6 Å². The van der Waals surface area contributed by atoms with Crippen molar-refractivity contribution in [2.45, 2.75) is 38.9 Å². The Morgan fingerprint density at radius 2 is 1.97 bits per heavy atom. The molecule has 0 spiro atoms. The number of alkyl halides is 3. The lowest BCUT2D eigenvalue weighted by Gasteiger charge is -2.19. The van der Waals surface area contributed by atoms with E-state index in [9.17, 15) is 13.2 Å². The predicted octanol–water partition coefficient (Wildman–Crippen LogP) is 5.76. The molecule has 0 fully saturated rings. The van der Waals surface area contributed by atoms with Crippen LogP contribution in [0.2, 0.25) is 0 Å². The molecule has 4 rings (SSSR count). The summed E-state index contributed by atoms with van der Waals surface area (Å²) in [5.41, 5.74) is 1.74. The number of furan rings is 1. The van der Waals surface area contributed by atoms with Gasteiger partial charge < -0.3 is 9.73 Å². The summed E-state index contributed by atoms with van der Waals surface area (Å²) in [4.78, 5) is 0. The summed E-state index contributed by atoms with van der Waals surface area (Å²) in [6.45, 7) is 3.76. The number of halogens is 3. The fraction of sp³-hybridized carbons (Fsp3) is 0.286. The normalized spacial score (nSPS) is 13.0. The van der Waals surface area contributed by atoms with E-state index in [0.717, 1.165) is 10.9 Å². The second kappa shape index (κ2) is 7.81. The number of anilines is 1. The molecule has 0 bridgehead atoms. The third-order valence-electron chi connectivity index (χ3n) is 4.94. The van der Waals surface area contributed by atoms with E-state index in [2.05, 4.69) is 25.9 Å². The quantitative estimate of drug-likeness (QED) is 0.419. The molecule has 0 saturated heterocycles. The molecule has 1 atom stereocenters. The van der Waals surface area contributed by atoms with Crippen LogP contribution in [0.4, 0.5) is 18.9 Å². The molecule has 2 aromatic heterocycles. The Hall–Kier alpha value is -3.36. The SMILES string of the molecule is CCCc1ccc(NC(C)c2ccc3oc(-c4nnn[nH]4)cc3c2)cc1C(F)(F)F. The third-order valence-corrected chi connectivity index (χ3v) is 4.94. The monoisotopic (exact) mass is 415 g/mol. The summed E-state index contributed by atoms with van der Waals surface area (Å²) in [7, 11) is 0. The molecule has 9 heteroatoms. The number of aromatic nitrogens is 4. The summed E-state index contributed by atoms with van der Waals surface area (Å²) < 4.78 is 46.1. The first-order chi connectivity index (χ1) is 14.3. The first-order valence-electron chi connectivity index (χ1n) is 9.59. The number of aryl methyl sites for hydroxylation is 1. The summed E-state index contributed by atoms with van der Waals surface area (Å²) in [6.07, 6.45) is -3.33. The topological polar surface area (TPSA) is 79.6 Å². The largest absolute Gasteiger partial charge is 0.453 e. The van der Waals surface area contributed by atoms with Crippen molar-refractivity contribution >= 4 is 16.7 Å². The van der Waals surface area contributed by atoms with Gasteiger partial charge in [-0.2, -0.15) is 13.2 Å². The first-order valence-corrected chi connectivity index (χ1v) is 9.59. The molecule has 156 valence electrons. The highest BCUT2D eigenvalue weighted by molar-refractivity contribution is 5.82. The van der Waals surface area contributed by atoms with Gasteiger partial charge in [0, 0.05) is 17.1 Å². The molecule has 1 unspecified atom stereocenters. The van der Waals surface area contributed by atoms with Crippen LogP contribution in [0.25, 0.3) is 22.6 Å². The van der Waals surface area contributed by atoms with Gasteiger partial charge in [-0.25, -0.2) is 5.10 Å². The average molecular weight is 415 g/mol. The Labute approximate surface area is 170 Å². The minimum atomic E-state index is -4.38. The van der Waals surface area contributed by atoms with Crippen molar-refractivity contribution in [3.05, 3.63) is 59.2 Å². The van der Waals surface area contributed by atoms with Gasteiger partial charge in [-0.3, -0.25) is 0 Å². The second-order valence-electron chi connectivity index (χ2n) is 7.14. The summed E-state index contributed by atoms with van der Waals surface area (Å²) in [6, 6.07) is 11.7. The molecule has 4 aromatic rings. The van der Waals surface area contributed by atoms with Crippen LogP contribution in [0.3, 0.4) is 0 Å². The highest BCUT2D eigenvalue weighted by Gasteiger charge is 2.33. The van der Waals surface area contributed by atoms with Gasteiger partial charge in [0.25, 0.3) is 0 Å². The minimum absolute atomic E-state index is 0.210. The molecule has 2 N–H and O–H groups in total. The van der Waals surface area contributed by atoms with Gasteiger partial charge in [0.15, 0.2) is 5.76 Å². The molecule has 30 heavy (non-hydrogen) atoms. The molecule has 2 heterocycles. The number of tetrazole rings is 1. The van der Waals surface area contributed by atoms with E-state index < -0.39 is 11.7 Å². The number of nitrogens with zero attached hydrogens (tertiary/aromatic N) is 3. The van der Waals surface area contributed by atoms with Crippen molar-refractivity contribution in [3.63, 3.8) is 0 Å². The summed E-state index contributed by atoms with van der Waals surface area (Å²) in [5, 5.41) is 17.6. The van der Waals surface area contributed by atoms with Gasteiger partial charge in [0.05, 0.1) is 5.56 Å². The molecule has 0 saturated carbocycles. The van der Waals surface area contributed by atoms with Gasteiger partial charge in [-0.05, 0) is 65.2 Å². The average Bonchev–Trinajstić information content (AvgIpc) is 3.37. The van der Waals surface area contributed by atoms with Crippen LogP contribution < -0.4 is 5.32 Å². The highest BCUT2D eigenvalue weighted by atomic mass is 19.4. The number of aromatic amines is 1. The standard InChI is InChI=1S/C21H20F3N5O/c1-3-4-13-5-7-16(11-17(13)21(22,23)24)25-12(2)14-6-8-18-15(9-14)10-19(30-18)20-26-28-29-27-20/h5-12,25H,3-4H2,1-2H3,(H,26,27,28,29). The minimum Gasteiger partial charge on any atom is -0.453 e. The zero-order chi connectivity index (χ0) is 21.3. The molecule has 6 nitrogen and oxygen atoms in total. The van der Waals surface area contributed by atoms with E-state index in [0.29, 0.717) is 41.3 Å². The van der Waals surface area contributed by atoms with Crippen LogP contribution in [0, 0.1) is 0 Å². The molecule has 0 aliphatic carbocycles. The number of H-pyrrole nitrogens is 1. The lowest BCUT2D eigenvalue weighted by atomic mass is 10.0. The predicted molar refractivity (Wildman–Crippen MR) is 107 cm³/mol. The van der Waals surface area contributed by atoms with Crippen LogP contribution in [0.1, 0.15) is 43.0 Å². The lowest BCUT2D eigenvalue weighted by molar-refractivity contribution is -0.138. The number of rotatable bonds is 6. The maximum atomic E-state index is 13.5. The van der Waals surface area contributed by atoms with Crippen molar-refractivity contribution in [2.24, 2.45) is 0 Å². The van der Waals surface area contributed by atoms with Crippen molar-refractivity contribution < 1.29 is 17.6 Å². The fourth-order valence-corrected chi connectivity index (χ4v) is 3.46. The zero-order valence-corrected chi connectivity index (χ0v) is 16.4. The maximum Gasteiger partial charge on any atom is 0.416 e. The Morgan fingerprint density at radius 1 is 1.13 bits per heavy atom. The highest BCUT2D eigenvalue weighted by Crippen LogP contribution is 2.35. The third kappa shape index (κ3) is 4.00. The van der Waals surface area contributed by atoms with Crippen LogP contribution >= 0.6 is 0 Å². The molecule has 0 radical (unpaired) electrons. The number of benzene rings is 2. The second-order valence-corrected chi connectivity index (χ2v) is 7.14. The van der Waals surface area contributed by atoms with Crippen molar-refractivity contribution in [1.29, 1.82) is 0 Å². The van der Waals surface area contributed by atoms with Crippen LogP contribution in [0.5, 0.6) is 0 Å². The molecule has 0 aliphatic heterocycles. The number of hydrogen-bond donors (Lipinski definition) is 2. The van der Waals surface area contributed by atoms with E-state index in [1.165, 1.54) is 6.07 Å². The van der Waals surface area contributed by atoms with Crippen molar-refractivity contribution in [3.8, 4) is 11.6 Å². The molecule has 0 amide bonds. The van der Waals surface area contributed by atoms with E-state index in [4.69, 9.17) is 4.42 Å². The maximum absolute atomic E-state index is 13.5. The number of fused-ring (bicyclic) bond motifs is 1. The molecule has 0 aliphatic rings. The van der Waals surface area contributed by atoms with E-state index in [-0.39, 0.29) is 6.04 Å². The molecular formula is C21H20F3N5O. The van der Waals surface area contributed by atoms with E-state index in [1.54, 1.807) is 12.1 Å². The zero-order valence-electron chi connectivity index (χ0n) is 16.4. The fourth-order valence-electron chi connectivity index (χ4n) is 3.46. The van der Waals surface area contributed by atoms with Crippen LogP contribution in [-0.2, 0) is 12.6 Å². The van der Waals surface area contributed by atoms with E-state index in [1.807, 2.05) is 38.1 Å². The summed E-state index contributed by atoms with van der Waals surface area (Å²) in [5.74, 6) is 0.930. The molecule has 2 aromatic carbocycles. The lowest BCUT2D eigenvalue weighted by Crippen LogP contribution is -2.12. The van der Waals surface area contributed by atoms with Gasteiger partial charge in [0.2, 0.25) is 5.82 Å². The molecular weight excluding hydrogens is 395 g/mol.